The van der Waals surface area contributed by atoms with Gasteiger partial charge in [-0.25, -0.2) is 4.98 Å². The van der Waals surface area contributed by atoms with Crippen molar-refractivity contribution in [1.82, 2.24) is 15.3 Å². The number of nitrogen functional groups attached to an aromatic ring is 1. The molecule has 1 aliphatic heterocycles. The van der Waals surface area contributed by atoms with E-state index in [1.165, 1.54) is 18.8 Å². The number of nitrogens with zero attached hydrogens (tertiary/aromatic N) is 4. The number of thioether (sulfide) groups is 1. The maximum absolute atomic E-state index is 11.9. The second-order valence-electron chi connectivity index (χ2n) is 7.70. The molecule has 0 radical (unpaired) electrons. The van der Waals surface area contributed by atoms with Gasteiger partial charge in [-0.2, -0.15) is 10.5 Å². The molecule has 9 nitrogen and oxygen atoms in total. The SMILES string of the molecule is CNC(=O)c1cc(CSc2nc(N)c(C#N)c(-c3ccc(OC4CCOC4)cc3)c2C#N)ccn1. The van der Waals surface area contributed by atoms with Crippen molar-refractivity contribution in [3.8, 4) is 29.0 Å². The molecular weight excluding hydrogens is 464 g/mol. The number of nitrogens with two attached hydrogens (primary N) is 1. The largest absolute Gasteiger partial charge is 0.488 e. The average Bonchev–Trinajstić information content (AvgIpc) is 3.40. The predicted molar refractivity (Wildman–Crippen MR) is 131 cm³/mol. The van der Waals surface area contributed by atoms with Crippen molar-refractivity contribution in [1.29, 1.82) is 10.5 Å². The molecule has 35 heavy (non-hydrogen) atoms. The summed E-state index contributed by atoms with van der Waals surface area (Å²) in [4.78, 5) is 20.3. The van der Waals surface area contributed by atoms with Crippen molar-refractivity contribution in [2.45, 2.75) is 23.3 Å². The fourth-order valence-corrected chi connectivity index (χ4v) is 4.60. The Kier molecular flexibility index (Phi) is 7.46. The van der Waals surface area contributed by atoms with Crippen LogP contribution in [0.25, 0.3) is 11.1 Å². The van der Waals surface area contributed by atoms with Gasteiger partial charge in [-0.1, -0.05) is 12.1 Å². The summed E-state index contributed by atoms with van der Waals surface area (Å²) in [5, 5.41) is 22.7. The van der Waals surface area contributed by atoms with Crippen LogP contribution < -0.4 is 15.8 Å². The number of rotatable bonds is 7. The number of carbonyl (C=O) groups excluding carboxylic acids is 1. The van der Waals surface area contributed by atoms with E-state index in [-0.39, 0.29) is 29.0 Å². The second kappa shape index (κ2) is 10.9. The van der Waals surface area contributed by atoms with Crippen molar-refractivity contribution in [3.63, 3.8) is 0 Å². The number of ether oxygens (including phenoxy) is 2. The van der Waals surface area contributed by atoms with Crippen LogP contribution in [0, 0.1) is 22.7 Å². The minimum Gasteiger partial charge on any atom is -0.488 e. The maximum Gasteiger partial charge on any atom is 0.269 e. The molecule has 3 aromatic rings. The van der Waals surface area contributed by atoms with E-state index >= 15 is 0 Å². The summed E-state index contributed by atoms with van der Waals surface area (Å²) in [6.07, 6.45) is 2.41. The summed E-state index contributed by atoms with van der Waals surface area (Å²) in [5.41, 5.74) is 8.76. The van der Waals surface area contributed by atoms with E-state index in [9.17, 15) is 15.3 Å². The van der Waals surface area contributed by atoms with Crippen molar-refractivity contribution in [2.24, 2.45) is 0 Å². The third kappa shape index (κ3) is 5.35. The summed E-state index contributed by atoms with van der Waals surface area (Å²) < 4.78 is 11.3. The highest BCUT2D eigenvalue weighted by Crippen LogP contribution is 2.37. The summed E-state index contributed by atoms with van der Waals surface area (Å²) in [5.74, 6) is 0.871. The Morgan fingerprint density at radius 2 is 2.03 bits per heavy atom. The predicted octanol–water partition coefficient (Wildman–Crippen LogP) is 3.29. The molecule has 4 rings (SSSR count). The highest BCUT2D eigenvalue weighted by atomic mass is 32.2. The molecule has 0 saturated carbocycles. The van der Waals surface area contributed by atoms with Gasteiger partial charge in [0.15, 0.2) is 0 Å². The monoisotopic (exact) mass is 486 g/mol. The lowest BCUT2D eigenvalue weighted by molar-refractivity contribution is 0.0958. The number of amides is 1. The van der Waals surface area contributed by atoms with Crippen LogP contribution in [-0.4, -0.2) is 42.2 Å². The Morgan fingerprint density at radius 1 is 1.26 bits per heavy atom. The number of nitrogens with one attached hydrogen (secondary N) is 1. The lowest BCUT2D eigenvalue weighted by atomic mass is 9.97. The summed E-state index contributed by atoms with van der Waals surface area (Å²) in [7, 11) is 1.54. The van der Waals surface area contributed by atoms with Gasteiger partial charge in [0.1, 0.15) is 46.1 Å². The summed E-state index contributed by atoms with van der Waals surface area (Å²) in [6, 6.07) is 15.0. The van der Waals surface area contributed by atoms with Gasteiger partial charge in [-0.05, 0) is 35.4 Å². The molecule has 3 heterocycles. The van der Waals surface area contributed by atoms with E-state index in [2.05, 4.69) is 27.4 Å². The topological polar surface area (TPSA) is 147 Å². The highest BCUT2D eigenvalue weighted by Gasteiger charge is 2.22. The van der Waals surface area contributed by atoms with Crippen molar-refractivity contribution in [2.75, 3.05) is 26.0 Å². The third-order valence-corrected chi connectivity index (χ3v) is 6.46. The lowest BCUT2D eigenvalue weighted by Crippen LogP contribution is -2.19. The van der Waals surface area contributed by atoms with Gasteiger partial charge in [0.05, 0.1) is 18.8 Å². The quantitative estimate of drug-likeness (QED) is 0.480. The Morgan fingerprint density at radius 3 is 2.69 bits per heavy atom. The van der Waals surface area contributed by atoms with Crippen molar-refractivity contribution < 1.29 is 14.3 Å². The van der Waals surface area contributed by atoms with Crippen LogP contribution in [0.4, 0.5) is 5.82 Å². The average molecular weight is 487 g/mol. The van der Waals surface area contributed by atoms with Crippen LogP contribution in [0.2, 0.25) is 0 Å². The van der Waals surface area contributed by atoms with Gasteiger partial charge in [-0.3, -0.25) is 9.78 Å². The fraction of sp³-hybridized carbons (Fsp3) is 0.240. The summed E-state index contributed by atoms with van der Waals surface area (Å²) in [6.45, 7) is 1.24. The molecule has 0 aliphatic carbocycles. The first-order valence-corrected chi connectivity index (χ1v) is 11.8. The molecule has 3 N–H and O–H groups in total. The van der Waals surface area contributed by atoms with Gasteiger partial charge in [0.25, 0.3) is 5.91 Å². The minimum absolute atomic E-state index is 0.0156. The zero-order valence-electron chi connectivity index (χ0n) is 18.9. The molecule has 1 atom stereocenters. The first-order valence-electron chi connectivity index (χ1n) is 10.8. The Labute approximate surface area is 206 Å². The number of hydrogen-bond donors (Lipinski definition) is 2. The number of hydrogen-bond acceptors (Lipinski definition) is 9. The van der Waals surface area contributed by atoms with Gasteiger partial charge in [0, 0.05) is 31.0 Å². The molecule has 1 unspecified atom stereocenters. The molecule has 1 amide bonds. The molecule has 2 aromatic heterocycles. The first-order chi connectivity index (χ1) is 17.0. The van der Waals surface area contributed by atoms with Crippen LogP contribution in [0.1, 0.15) is 33.6 Å². The standard InChI is InChI=1S/C25H22N6O3S/c1-29-24(32)21-10-15(6-8-30-21)14-35-25-20(12-27)22(19(11-26)23(28)31-25)16-2-4-17(5-3-16)34-18-7-9-33-13-18/h2-6,8,10,18H,7,9,13-14H2,1H3,(H2,28,31)(H,29,32). The third-order valence-electron chi connectivity index (χ3n) is 5.41. The second-order valence-corrected chi connectivity index (χ2v) is 8.66. The number of pyridine rings is 2. The normalized spacial score (nSPS) is 14.7. The van der Waals surface area contributed by atoms with Gasteiger partial charge >= 0.3 is 0 Å². The number of benzene rings is 1. The Balaban J connectivity index is 1.64. The lowest BCUT2D eigenvalue weighted by Gasteiger charge is -2.15. The zero-order valence-corrected chi connectivity index (χ0v) is 19.8. The molecule has 1 fully saturated rings. The number of nitriles is 2. The Bertz CT molecular complexity index is 1320. The smallest absolute Gasteiger partial charge is 0.269 e. The van der Waals surface area contributed by atoms with E-state index in [0.717, 1.165) is 12.0 Å². The molecule has 1 aliphatic rings. The number of carbonyl (C=O) groups is 1. The molecule has 0 bridgehead atoms. The van der Waals surface area contributed by atoms with Crippen LogP contribution >= 0.6 is 11.8 Å². The van der Waals surface area contributed by atoms with Gasteiger partial charge in [-0.15, -0.1) is 11.8 Å². The van der Waals surface area contributed by atoms with Gasteiger partial charge in [0.2, 0.25) is 0 Å². The van der Waals surface area contributed by atoms with E-state index in [1.54, 1.807) is 42.6 Å². The van der Waals surface area contributed by atoms with Crippen LogP contribution in [0.15, 0.2) is 47.6 Å². The molecule has 10 heteroatoms. The molecular formula is C25H22N6O3S. The number of anilines is 1. The minimum atomic E-state index is -0.287. The Hall–Kier alpha value is -4.12. The van der Waals surface area contributed by atoms with Crippen LogP contribution in [0.3, 0.4) is 0 Å². The zero-order chi connectivity index (χ0) is 24.8. The van der Waals surface area contributed by atoms with E-state index in [0.29, 0.717) is 46.6 Å². The molecule has 0 spiro atoms. The van der Waals surface area contributed by atoms with Crippen LogP contribution in [-0.2, 0) is 10.5 Å². The van der Waals surface area contributed by atoms with Crippen LogP contribution in [0.5, 0.6) is 5.75 Å². The maximum atomic E-state index is 11.9. The van der Waals surface area contributed by atoms with E-state index in [1.807, 2.05) is 0 Å². The van der Waals surface area contributed by atoms with E-state index in [4.69, 9.17) is 15.2 Å². The van der Waals surface area contributed by atoms with Crippen molar-refractivity contribution >= 4 is 23.5 Å². The fourth-order valence-electron chi connectivity index (χ4n) is 3.66. The number of aromatic nitrogens is 2. The van der Waals surface area contributed by atoms with Crippen molar-refractivity contribution in [3.05, 3.63) is 65.0 Å². The highest BCUT2D eigenvalue weighted by molar-refractivity contribution is 7.98. The van der Waals surface area contributed by atoms with Gasteiger partial charge < -0.3 is 20.5 Å². The van der Waals surface area contributed by atoms with E-state index < -0.39 is 0 Å². The molecule has 1 saturated heterocycles. The molecule has 176 valence electrons. The summed E-state index contributed by atoms with van der Waals surface area (Å²) >= 11 is 1.30. The first kappa shape index (κ1) is 24.0. The molecule has 1 aromatic carbocycles.